The third kappa shape index (κ3) is 9.06. The van der Waals surface area contributed by atoms with E-state index in [1.807, 2.05) is 31.2 Å². The van der Waals surface area contributed by atoms with Crippen molar-refractivity contribution < 1.29 is 19.4 Å². The Bertz CT molecular complexity index is 1560. The van der Waals surface area contributed by atoms with Gasteiger partial charge in [-0.15, -0.1) is 0 Å². The van der Waals surface area contributed by atoms with Crippen LogP contribution in [0.2, 0.25) is 0 Å². The van der Waals surface area contributed by atoms with Crippen molar-refractivity contribution in [3.63, 3.8) is 0 Å². The third-order valence-electron chi connectivity index (χ3n) is 9.02. The zero-order chi connectivity index (χ0) is 32.4. The zero-order valence-corrected chi connectivity index (χ0v) is 27.2. The van der Waals surface area contributed by atoms with Crippen LogP contribution in [0.3, 0.4) is 0 Å². The van der Waals surface area contributed by atoms with Gasteiger partial charge in [-0.3, -0.25) is 9.80 Å². The maximum atomic E-state index is 11.9. The van der Waals surface area contributed by atoms with Gasteiger partial charge in [0.05, 0.1) is 18.8 Å². The van der Waals surface area contributed by atoms with E-state index in [2.05, 4.69) is 99.3 Å². The number of hydrogen-bond donors (Lipinski definition) is 3. The number of aliphatic hydroxyl groups excluding tert-OH is 1. The Morgan fingerprint density at radius 1 is 0.745 bits per heavy atom. The monoisotopic (exact) mass is 634 g/mol. The molecule has 0 saturated carbocycles. The van der Waals surface area contributed by atoms with Crippen LogP contribution in [0.1, 0.15) is 53.6 Å². The number of ether oxygens (including phenoxy) is 2. The maximum absolute atomic E-state index is 11.9. The van der Waals surface area contributed by atoms with E-state index in [1.54, 1.807) is 0 Å². The second-order valence-electron chi connectivity index (χ2n) is 12.4. The number of benzene rings is 4. The Kier molecular flexibility index (Phi) is 11.3. The normalized spacial score (nSPS) is 20.5. The molecule has 8 heteroatoms. The number of nitrogens with zero attached hydrogens (tertiary/aromatic N) is 2. The number of aliphatic hydroxyl groups is 1. The molecule has 0 aromatic heterocycles. The van der Waals surface area contributed by atoms with Crippen LogP contribution in [-0.2, 0) is 29.2 Å². The molecule has 246 valence electrons. The highest BCUT2D eigenvalue weighted by molar-refractivity contribution is 5.73. The van der Waals surface area contributed by atoms with E-state index in [0.717, 1.165) is 79.1 Å². The quantitative estimate of drug-likeness (QED) is 0.187. The number of hydrogen-bond acceptors (Lipinski definition) is 6. The van der Waals surface area contributed by atoms with Crippen LogP contribution in [0, 0.1) is 0 Å². The van der Waals surface area contributed by atoms with E-state index >= 15 is 0 Å². The summed E-state index contributed by atoms with van der Waals surface area (Å²) in [5.74, 6) is 0. The first-order valence-corrected chi connectivity index (χ1v) is 16.8. The van der Waals surface area contributed by atoms with E-state index in [0.29, 0.717) is 13.1 Å². The Labute approximate surface area is 278 Å². The summed E-state index contributed by atoms with van der Waals surface area (Å²) in [7, 11) is 0. The minimum absolute atomic E-state index is 0.0192. The molecule has 2 amide bonds. The van der Waals surface area contributed by atoms with Crippen molar-refractivity contribution in [2.24, 2.45) is 0 Å². The number of carbonyl (C=O) groups is 1. The largest absolute Gasteiger partial charge is 0.392 e. The third-order valence-corrected chi connectivity index (χ3v) is 9.02. The molecule has 2 aliphatic rings. The minimum atomic E-state index is -0.489. The first-order valence-electron chi connectivity index (χ1n) is 16.8. The molecule has 2 aliphatic heterocycles. The van der Waals surface area contributed by atoms with Gasteiger partial charge in [-0.05, 0) is 46.4 Å². The van der Waals surface area contributed by atoms with Gasteiger partial charge in [0.15, 0.2) is 6.29 Å². The molecule has 0 radical (unpaired) electrons. The second-order valence-corrected chi connectivity index (χ2v) is 12.4. The van der Waals surface area contributed by atoms with Gasteiger partial charge in [-0.1, -0.05) is 97.1 Å². The van der Waals surface area contributed by atoms with Gasteiger partial charge in [0.2, 0.25) is 0 Å². The second kappa shape index (κ2) is 16.2. The fraction of sp³-hybridized carbons (Fsp3) is 0.359. The fourth-order valence-corrected chi connectivity index (χ4v) is 6.39. The van der Waals surface area contributed by atoms with Gasteiger partial charge in [0.1, 0.15) is 0 Å². The lowest BCUT2D eigenvalue weighted by atomic mass is 9.98. The number of urea groups is 1. The van der Waals surface area contributed by atoms with Gasteiger partial charge in [-0.25, -0.2) is 4.79 Å². The molecule has 0 spiro atoms. The predicted octanol–water partition coefficient (Wildman–Crippen LogP) is 6.03. The van der Waals surface area contributed by atoms with Gasteiger partial charge in [0.25, 0.3) is 0 Å². The molecule has 4 aromatic rings. The number of piperazine rings is 1. The van der Waals surface area contributed by atoms with Crippen molar-refractivity contribution in [1.29, 1.82) is 0 Å². The van der Waals surface area contributed by atoms with Crippen molar-refractivity contribution in [3.8, 4) is 11.1 Å². The van der Waals surface area contributed by atoms with Gasteiger partial charge < -0.3 is 25.2 Å². The summed E-state index contributed by atoms with van der Waals surface area (Å²) < 4.78 is 13.3. The number of carbonyl (C=O) groups excluding carboxylic acids is 1. The van der Waals surface area contributed by atoms with Crippen LogP contribution >= 0.6 is 0 Å². The molecule has 2 heterocycles. The van der Waals surface area contributed by atoms with Crippen LogP contribution in [0.15, 0.2) is 103 Å². The van der Waals surface area contributed by atoms with Crippen LogP contribution in [0.4, 0.5) is 4.79 Å². The van der Waals surface area contributed by atoms with E-state index in [4.69, 9.17) is 9.47 Å². The van der Waals surface area contributed by atoms with Gasteiger partial charge in [-0.2, -0.15) is 0 Å². The summed E-state index contributed by atoms with van der Waals surface area (Å²) in [4.78, 5) is 16.9. The summed E-state index contributed by atoms with van der Waals surface area (Å²) in [6, 6.07) is 35.2. The van der Waals surface area contributed by atoms with Crippen molar-refractivity contribution >= 4 is 6.03 Å². The smallest absolute Gasteiger partial charge is 0.315 e. The van der Waals surface area contributed by atoms with Gasteiger partial charge >= 0.3 is 6.03 Å². The van der Waals surface area contributed by atoms with Crippen molar-refractivity contribution in [2.75, 3.05) is 39.3 Å². The zero-order valence-electron chi connectivity index (χ0n) is 27.2. The SMILES string of the molecule is CCNC(=O)NCc1cccc(-c2ccc([C@H]3O[C@@H](CN4CCN(Cc5ccccc5)CC4)C[C@@H](c4ccc(CO)cc4)O3)cc2)c1. The van der Waals surface area contributed by atoms with Crippen LogP contribution in [-0.4, -0.2) is 66.3 Å². The highest BCUT2D eigenvalue weighted by Gasteiger charge is 2.33. The molecule has 0 bridgehead atoms. The summed E-state index contributed by atoms with van der Waals surface area (Å²) in [6.45, 7) is 8.94. The molecular weight excluding hydrogens is 588 g/mol. The molecule has 8 nitrogen and oxygen atoms in total. The lowest BCUT2D eigenvalue weighted by molar-refractivity contribution is -0.253. The van der Waals surface area contributed by atoms with Crippen molar-refractivity contribution in [3.05, 3.63) is 131 Å². The summed E-state index contributed by atoms with van der Waals surface area (Å²) in [6.07, 6.45) is 0.191. The molecule has 3 atom stereocenters. The van der Waals surface area contributed by atoms with E-state index < -0.39 is 6.29 Å². The Morgan fingerprint density at radius 2 is 1.45 bits per heavy atom. The number of rotatable bonds is 11. The molecule has 3 N–H and O–H groups in total. The van der Waals surface area contributed by atoms with E-state index in [1.165, 1.54) is 5.56 Å². The number of nitrogens with one attached hydrogen (secondary N) is 2. The highest BCUT2D eigenvalue weighted by Crippen LogP contribution is 2.38. The molecule has 0 unspecified atom stereocenters. The predicted molar refractivity (Wildman–Crippen MR) is 184 cm³/mol. The molecule has 0 aliphatic carbocycles. The lowest BCUT2D eigenvalue weighted by Gasteiger charge is -2.40. The Balaban J connectivity index is 1.12. The Hall–Kier alpha value is -4.05. The molecule has 2 fully saturated rings. The van der Waals surface area contributed by atoms with Crippen molar-refractivity contribution in [2.45, 2.75) is 51.5 Å². The topological polar surface area (TPSA) is 86.3 Å². The average molecular weight is 635 g/mol. The first kappa shape index (κ1) is 32.9. The number of amides is 2. The lowest BCUT2D eigenvalue weighted by Crippen LogP contribution is -2.49. The highest BCUT2D eigenvalue weighted by atomic mass is 16.7. The molecule has 2 saturated heterocycles. The van der Waals surface area contributed by atoms with Crippen molar-refractivity contribution in [1.82, 2.24) is 20.4 Å². The fourth-order valence-electron chi connectivity index (χ4n) is 6.39. The summed E-state index contributed by atoms with van der Waals surface area (Å²) in [5, 5.41) is 15.2. The molecule has 6 rings (SSSR count). The van der Waals surface area contributed by atoms with E-state index in [-0.39, 0.29) is 24.8 Å². The Morgan fingerprint density at radius 3 is 2.17 bits per heavy atom. The van der Waals surface area contributed by atoms with Gasteiger partial charge in [0, 0.05) is 64.3 Å². The summed E-state index contributed by atoms with van der Waals surface area (Å²) >= 11 is 0. The summed E-state index contributed by atoms with van der Waals surface area (Å²) in [5.41, 5.74) is 7.55. The van der Waals surface area contributed by atoms with E-state index in [9.17, 15) is 9.90 Å². The van der Waals surface area contributed by atoms with Crippen LogP contribution in [0.25, 0.3) is 11.1 Å². The average Bonchev–Trinajstić information content (AvgIpc) is 3.12. The standard InChI is InChI=1S/C39H46N4O4/c1-2-40-39(45)41-25-31-9-6-10-35(23-31)32-15-17-34(18-16-32)38-46-36(24-37(47-38)33-13-11-30(28-44)12-14-33)27-43-21-19-42(20-22-43)26-29-7-4-3-5-8-29/h3-18,23,36-38,44H,2,19-22,24-28H2,1H3,(H2,40,41,45)/t36-,37+,38+/m1/s1. The minimum Gasteiger partial charge on any atom is -0.392 e. The first-order chi connectivity index (χ1) is 23.1. The van der Waals surface area contributed by atoms with Crippen LogP contribution < -0.4 is 10.6 Å². The maximum Gasteiger partial charge on any atom is 0.315 e. The molecular formula is C39H46N4O4. The molecule has 47 heavy (non-hydrogen) atoms. The van der Waals surface area contributed by atoms with Crippen LogP contribution in [0.5, 0.6) is 0 Å². The molecule has 4 aromatic carbocycles.